The van der Waals surface area contributed by atoms with E-state index in [4.69, 9.17) is 0 Å². The summed E-state index contributed by atoms with van der Waals surface area (Å²) in [7, 11) is 0. The van der Waals surface area contributed by atoms with Crippen molar-refractivity contribution in [1.29, 1.82) is 0 Å². The molecule has 0 spiro atoms. The van der Waals surface area contributed by atoms with Gasteiger partial charge < -0.3 is 15.7 Å². The van der Waals surface area contributed by atoms with Gasteiger partial charge in [-0.1, -0.05) is 28.1 Å². The second-order valence-electron chi connectivity index (χ2n) is 4.53. The van der Waals surface area contributed by atoms with Crippen molar-refractivity contribution in [2.45, 2.75) is 6.10 Å². The van der Waals surface area contributed by atoms with Crippen molar-refractivity contribution in [2.24, 2.45) is 0 Å². The largest absolute Gasteiger partial charge is 0.387 e. The highest BCUT2D eigenvalue weighted by Gasteiger charge is 2.11. The summed E-state index contributed by atoms with van der Waals surface area (Å²) in [4.78, 5) is 11.8. The number of hydrogen-bond donors (Lipinski definition) is 3. The second kappa shape index (κ2) is 7.71. The lowest BCUT2D eigenvalue weighted by Crippen LogP contribution is -2.32. The molecule has 7 heteroatoms. The summed E-state index contributed by atoms with van der Waals surface area (Å²) in [6, 6.07) is 10.5. The van der Waals surface area contributed by atoms with Crippen LogP contribution in [-0.4, -0.2) is 17.7 Å². The number of amides is 2. The first kappa shape index (κ1) is 16.9. The third kappa shape index (κ3) is 4.79. The first-order valence-corrected chi connectivity index (χ1v) is 7.98. The smallest absolute Gasteiger partial charge is 0.319 e. The Balaban J connectivity index is 1.91. The van der Waals surface area contributed by atoms with E-state index in [1.54, 1.807) is 18.2 Å². The number of rotatable bonds is 4. The number of aliphatic hydroxyl groups excluding tert-OH is 1. The van der Waals surface area contributed by atoms with Crippen LogP contribution in [0.3, 0.4) is 0 Å². The van der Waals surface area contributed by atoms with Gasteiger partial charge in [0.25, 0.3) is 0 Å². The summed E-state index contributed by atoms with van der Waals surface area (Å²) in [5.74, 6) is -0.431. The van der Waals surface area contributed by atoms with Gasteiger partial charge in [0, 0.05) is 15.5 Å². The van der Waals surface area contributed by atoms with Gasteiger partial charge in [0.1, 0.15) is 5.82 Å². The molecule has 116 valence electrons. The van der Waals surface area contributed by atoms with Crippen LogP contribution in [0, 0.1) is 5.82 Å². The number of halogens is 3. The van der Waals surface area contributed by atoms with Crippen LogP contribution in [0.15, 0.2) is 51.4 Å². The summed E-state index contributed by atoms with van der Waals surface area (Å²) in [6.45, 7) is -0.0269. The Hall–Kier alpha value is -1.44. The minimum Gasteiger partial charge on any atom is -0.387 e. The molecule has 0 fully saturated rings. The topological polar surface area (TPSA) is 61.4 Å². The van der Waals surface area contributed by atoms with Gasteiger partial charge in [-0.3, -0.25) is 0 Å². The van der Waals surface area contributed by atoms with Crippen molar-refractivity contribution < 1.29 is 14.3 Å². The van der Waals surface area contributed by atoms with E-state index < -0.39 is 18.0 Å². The summed E-state index contributed by atoms with van der Waals surface area (Å²) < 4.78 is 14.6. The minimum absolute atomic E-state index is 0.0269. The molecular formula is C15H13Br2FN2O2. The predicted octanol–water partition coefficient (Wildman–Crippen LogP) is 4.21. The Morgan fingerprint density at radius 2 is 2.00 bits per heavy atom. The highest BCUT2D eigenvalue weighted by Crippen LogP contribution is 2.26. The first-order valence-electron chi connectivity index (χ1n) is 6.39. The number of anilines is 1. The van der Waals surface area contributed by atoms with E-state index in [0.717, 1.165) is 8.95 Å². The first-order chi connectivity index (χ1) is 10.5. The lowest BCUT2D eigenvalue weighted by Gasteiger charge is -2.13. The number of aliphatic hydroxyl groups is 1. The van der Waals surface area contributed by atoms with E-state index in [9.17, 15) is 14.3 Å². The molecular weight excluding hydrogens is 419 g/mol. The number of urea groups is 1. The maximum atomic E-state index is 13.1. The molecule has 0 bridgehead atoms. The summed E-state index contributed by atoms with van der Waals surface area (Å²) in [6.07, 6.45) is -0.979. The number of benzene rings is 2. The van der Waals surface area contributed by atoms with E-state index in [2.05, 4.69) is 42.5 Å². The third-order valence-electron chi connectivity index (χ3n) is 2.87. The van der Waals surface area contributed by atoms with Crippen molar-refractivity contribution in [3.05, 3.63) is 62.8 Å². The van der Waals surface area contributed by atoms with Crippen LogP contribution >= 0.6 is 31.9 Å². The van der Waals surface area contributed by atoms with Gasteiger partial charge in [-0.15, -0.1) is 0 Å². The van der Waals surface area contributed by atoms with Crippen LogP contribution in [0.2, 0.25) is 0 Å². The molecule has 0 heterocycles. The minimum atomic E-state index is -0.979. The molecule has 0 saturated heterocycles. The SMILES string of the molecule is O=C(NCC(O)c1cccc(F)c1)Nc1cc(Br)ccc1Br. The number of carbonyl (C=O) groups excluding carboxylic acids is 1. The maximum Gasteiger partial charge on any atom is 0.319 e. The molecule has 4 nitrogen and oxygen atoms in total. The standard InChI is InChI=1S/C15H13Br2FN2O2/c16-10-4-5-12(17)13(7-10)20-15(22)19-8-14(21)9-2-1-3-11(18)6-9/h1-7,14,21H,8H2,(H2,19,20,22). The summed E-state index contributed by atoms with van der Waals surface area (Å²) in [5, 5.41) is 15.1. The van der Waals surface area contributed by atoms with Crippen molar-refractivity contribution in [1.82, 2.24) is 5.32 Å². The molecule has 1 unspecified atom stereocenters. The molecule has 2 aromatic carbocycles. The van der Waals surface area contributed by atoms with Gasteiger partial charge in [-0.25, -0.2) is 9.18 Å². The van der Waals surface area contributed by atoms with Gasteiger partial charge in [0.15, 0.2) is 0 Å². The summed E-state index contributed by atoms with van der Waals surface area (Å²) >= 11 is 6.65. The van der Waals surface area contributed by atoms with Gasteiger partial charge in [-0.2, -0.15) is 0 Å². The molecule has 2 amide bonds. The predicted molar refractivity (Wildman–Crippen MR) is 90.2 cm³/mol. The molecule has 0 radical (unpaired) electrons. The molecule has 22 heavy (non-hydrogen) atoms. The molecule has 3 N–H and O–H groups in total. The fourth-order valence-electron chi connectivity index (χ4n) is 1.78. The quantitative estimate of drug-likeness (QED) is 0.679. The van der Waals surface area contributed by atoms with Crippen LogP contribution in [0.5, 0.6) is 0 Å². The van der Waals surface area contributed by atoms with Crippen molar-refractivity contribution in [3.8, 4) is 0 Å². The van der Waals surface area contributed by atoms with E-state index in [1.165, 1.54) is 18.2 Å². The highest BCUT2D eigenvalue weighted by atomic mass is 79.9. The summed E-state index contributed by atoms with van der Waals surface area (Å²) in [5.41, 5.74) is 0.996. The molecule has 2 rings (SSSR count). The lowest BCUT2D eigenvalue weighted by molar-refractivity contribution is 0.174. The van der Waals surface area contributed by atoms with Crippen LogP contribution in [0.25, 0.3) is 0 Å². The molecule has 1 atom stereocenters. The lowest BCUT2D eigenvalue weighted by atomic mass is 10.1. The normalized spacial score (nSPS) is 11.8. The average Bonchev–Trinajstić information content (AvgIpc) is 2.48. The highest BCUT2D eigenvalue weighted by molar-refractivity contribution is 9.11. The maximum absolute atomic E-state index is 13.1. The molecule has 0 aliphatic rings. The number of hydrogen-bond acceptors (Lipinski definition) is 2. The van der Waals surface area contributed by atoms with E-state index in [1.807, 2.05) is 6.07 Å². The van der Waals surface area contributed by atoms with Crippen molar-refractivity contribution in [2.75, 3.05) is 11.9 Å². The van der Waals surface area contributed by atoms with E-state index >= 15 is 0 Å². The van der Waals surface area contributed by atoms with E-state index in [-0.39, 0.29) is 6.54 Å². The average molecular weight is 432 g/mol. The second-order valence-corrected chi connectivity index (χ2v) is 6.30. The zero-order chi connectivity index (χ0) is 16.1. The molecule has 0 aliphatic carbocycles. The Morgan fingerprint density at radius 3 is 2.73 bits per heavy atom. The molecule has 0 aromatic heterocycles. The van der Waals surface area contributed by atoms with E-state index in [0.29, 0.717) is 11.3 Å². The monoisotopic (exact) mass is 430 g/mol. The number of carbonyl (C=O) groups is 1. The van der Waals surface area contributed by atoms with Crippen molar-refractivity contribution in [3.63, 3.8) is 0 Å². The molecule has 0 aliphatic heterocycles. The van der Waals surface area contributed by atoms with Gasteiger partial charge in [0.05, 0.1) is 11.8 Å². The van der Waals surface area contributed by atoms with Gasteiger partial charge in [0.2, 0.25) is 0 Å². The fourth-order valence-corrected chi connectivity index (χ4v) is 2.49. The Bertz CT molecular complexity index is 682. The van der Waals surface area contributed by atoms with Crippen LogP contribution in [0.1, 0.15) is 11.7 Å². The van der Waals surface area contributed by atoms with Gasteiger partial charge >= 0.3 is 6.03 Å². The van der Waals surface area contributed by atoms with Crippen LogP contribution in [0.4, 0.5) is 14.9 Å². The Morgan fingerprint density at radius 1 is 1.23 bits per heavy atom. The fraction of sp³-hybridized carbons (Fsp3) is 0.133. The van der Waals surface area contributed by atoms with Crippen LogP contribution < -0.4 is 10.6 Å². The molecule has 0 saturated carbocycles. The van der Waals surface area contributed by atoms with Crippen molar-refractivity contribution >= 4 is 43.6 Å². The van der Waals surface area contributed by atoms with Crippen LogP contribution in [-0.2, 0) is 0 Å². The molecule has 2 aromatic rings. The Kier molecular flexibility index (Phi) is 5.93. The third-order valence-corrected chi connectivity index (χ3v) is 4.05. The Labute approximate surface area is 144 Å². The number of nitrogens with one attached hydrogen (secondary N) is 2. The zero-order valence-corrected chi connectivity index (χ0v) is 14.5. The zero-order valence-electron chi connectivity index (χ0n) is 11.3. The van der Waals surface area contributed by atoms with Gasteiger partial charge in [-0.05, 0) is 51.8 Å².